The second kappa shape index (κ2) is 9.17. The summed E-state index contributed by atoms with van der Waals surface area (Å²) in [6.07, 6.45) is 0. The maximum atomic E-state index is 14.7. The minimum Gasteiger partial charge on any atom is -0.478 e. The van der Waals surface area contributed by atoms with E-state index in [1.165, 1.54) is 48.5 Å². The van der Waals surface area contributed by atoms with Crippen LogP contribution in [0.4, 0.5) is 8.78 Å². The van der Waals surface area contributed by atoms with Crippen LogP contribution >= 0.6 is 0 Å². The standard InChI is InChI=1S/C23H17F2NO5/c1-31-23(30)20-15(7-4-8-18(20)24)13-9-10-14(19(25)11-13)12-26-21(27)16-5-2-3-6-17(16)22(28)29/h2-11H,12H2,1H3,(H,26,27)(H,28,29). The first-order chi connectivity index (χ1) is 14.8. The maximum absolute atomic E-state index is 14.7. The number of amides is 1. The summed E-state index contributed by atoms with van der Waals surface area (Å²) >= 11 is 0. The maximum Gasteiger partial charge on any atom is 0.341 e. The molecule has 3 aromatic carbocycles. The van der Waals surface area contributed by atoms with Crippen molar-refractivity contribution in [3.05, 3.63) is 94.6 Å². The predicted octanol–water partition coefficient (Wildman–Crippen LogP) is 4.05. The number of hydrogen-bond acceptors (Lipinski definition) is 4. The van der Waals surface area contributed by atoms with Gasteiger partial charge in [-0.3, -0.25) is 4.79 Å². The van der Waals surface area contributed by atoms with Crippen LogP contribution in [-0.2, 0) is 11.3 Å². The largest absolute Gasteiger partial charge is 0.478 e. The van der Waals surface area contributed by atoms with Gasteiger partial charge >= 0.3 is 11.9 Å². The molecule has 0 aromatic heterocycles. The second-order valence-corrected chi connectivity index (χ2v) is 6.49. The minimum absolute atomic E-state index is 0.0468. The van der Waals surface area contributed by atoms with Crippen molar-refractivity contribution in [3.63, 3.8) is 0 Å². The van der Waals surface area contributed by atoms with Crippen LogP contribution in [0.2, 0.25) is 0 Å². The number of benzene rings is 3. The molecule has 158 valence electrons. The molecule has 31 heavy (non-hydrogen) atoms. The number of halogens is 2. The van der Waals surface area contributed by atoms with Crippen LogP contribution in [0.25, 0.3) is 11.1 Å². The van der Waals surface area contributed by atoms with Gasteiger partial charge in [-0.1, -0.05) is 36.4 Å². The van der Waals surface area contributed by atoms with E-state index in [9.17, 15) is 28.3 Å². The molecule has 3 rings (SSSR count). The molecule has 0 fully saturated rings. The van der Waals surface area contributed by atoms with E-state index < -0.39 is 29.5 Å². The summed E-state index contributed by atoms with van der Waals surface area (Å²) in [6.45, 7) is -0.202. The zero-order valence-corrected chi connectivity index (χ0v) is 16.3. The summed E-state index contributed by atoms with van der Waals surface area (Å²) in [5.41, 5.74) is 0.0175. The van der Waals surface area contributed by atoms with E-state index in [1.54, 1.807) is 0 Å². The van der Waals surface area contributed by atoms with Gasteiger partial charge in [-0.15, -0.1) is 0 Å². The molecule has 0 spiro atoms. The first-order valence-electron chi connectivity index (χ1n) is 9.09. The third kappa shape index (κ3) is 4.58. The van der Waals surface area contributed by atoms with Crippen molar-refractivity contribution >= 4 is 17.8 Å². The Hall–Kier alpha value is -4.07. The molecular formula is C23H17F2NO5. The third-order valence-corrected chi connectivity index (χ3v) is 4.61. The fraction of sp³-hybridized carbons (Fsp3) is 0.0870. The predicted molar refractivity (Wildman–Crippen MR) is 108 cm³/mol. The van der Waals surface area contributed by atoms with Crippen LogP contribution in [0, 0.1) is 11.6 Å². The molecule has 3 aromatic rings. The number of ether oxygens (including phenoxy) is 1. The van der Waals surface area contributed by atoms with Gasteiger partial charge in [0.15, 0.2) is 0 Å². The van der Waals surface area contributed by atoms with Crippen LogP contribution in [-0.4, -0.2) is 30.1 Å². The van der Waals surface area contributed by atoms with Gasteiger partial charge in [0, 0.05) is 12.1 Å². The number of aromatic carboxylic acids is 1. The Labute approximate surface area is 176 Å². The number of carboxylic acids is 1. The summed E-state index contributed by atoms with van der Waals surface area (Å²) in [4.78, 5) is 35.5. The van der Waals surface area contributed by atoms with E-state index in [-0.39, 0.29) is 39.9 Å². The van der Waals surface area contributed by atoms with Crippen LogP contribution in [0.1, 0.15) is 36.6 Å². The summed E-state index contributed by atoms with van der Waals surface area (Å²) in [7, 11) is 1.12. The summed E-state index contributed by atoms with van der Waals surface area (Å²) < 4.78 is 33.4. The van der Waals surface area contributed by atoms with E-state index in [0.717, 1.165) is 19.2 Å². The highest BCUT2D eigenvalue weighted by Crippen LogP contribution is 2.28. The summed E-state index contributed by atoms with van der Waals surface area (Å²) in [6, 6.07) is 13.6. The monoisotopic (exact) mass is 425 g/mol. The van der Waals surface area contributed by atoms with Gasteiger partial charge in [0.1, 0.15) is 17.2 Å². The molecule has 0 radical (unpaired) electrons. The molecule has 0 saturated heterocycles. The van der Waals surface area contributed by atoms with Gasteiger partial charge < -0.3 is 15.2 Å². The SMILES string of the molecule is COC(=O)c1c(F)cccc1-c1ccc(CNC(=O)c2ccccc2C(=O)O)c(F)c1. The lowest BCUT2D eigenvalue weighted by Gasteiger charge is -2.12. The lowest BCUT2D eigenvalue weighted by atomic mass is 9.98. The Kier molecular flexibility index (Phi) is 6.40. The fourth-order valence-electron chi connectivity index (χ4n) is 3.07. The third-order valence-electron chi connectivity index (χ3n) is 4.61. The number of carbonyl (C=O) groups is 3. The Bertz CT molecular complexity index is 1180. The Morgan fingerprint density at radius 3 is 2.29 bits per heavy atom. The molecule has 1 amide bonds. The van der Waals surface area contributed by atoms with Crippen LogP contribution in [0.5, 0.6) is 0 Å². The number of hydrogen-bond donors (Lipinski definition) is 2. The lowest BCUT2D eigenvalue weighted by molar-refractivity contribution is 0.0595. The van der Waals surface area contributed by atoms with E-state index in [4.69, 9.17) is 0 Å². The zero-order valence-electron chi connectivity index (χ0n) is 16.3. The highest BCUT2D eigenvalue weighted by atomic mass is 19.1. The molecule has 2 N–H and O–H groups in total. The summed E-state index contributed by atoms with van der Waals surface area (Å²) in [5, 5.41) is 11.7. The lowest BCUT2D eigenvalue weighted by Crippen LogP contribution is -2.25. The molecule has 0 aliphatic rings. The first kappa shape index (κ1) is 21.6. The zero-order chi connectivity index (χ0) is 22.5. The van der Waals surface area contributed by atoms with Crippen molar-refractivity contribution in [3.8, 4) is 11.1 Å². The van der Waals surface area contributed by atoms with Crippen molar-refractivity contribution in [2.24, 2.45) is 0 Å². The van der Waals surface area contributed by atoms with Crippen LogP contribution in [0.3, 0.4) is 0 Å². The Morgan fingerprint density at radius 1 is 0.935 bits per heavy atom. The second-order valence-electron chi connectivity index (χ2n) is 6.49. The quantitative estimate of drug-likeness (QED) is 0.582. The smallest absolute Gasteiger partial charge is 0.341 e. The van der Waals surface area contributed by atoms with Gasteiger partial charge in [0.2, 0.25) is 0 Å². The van der Waals surface area contributed by atoms with Crippen molar-refractivity contribution in [1.29, 1.82) is 0 Å². The Morgan fingerprint density at radius 2 is 1.65 bits per heavy atom. The number of carboxylic acid groups (broad SMARTS) is 1. The van der Waals surface area contributed by atoms with Gasteiger partial charge in [-0.2, -0.15) is 0 Å². The summed E-state index contributed by atoms with van der Waals surface area (Å²) in [5.74, 6) is -4.29. The highest BCUT2D eigenvalue weighted by molar-refractivity contribution is 6.04. The highest BCUT2D eigenvalue weighted by Gasteiger charge is 2.20. The van der Waals surface area contributed by atoms with Gasteiger partial charge in [-0.05, 0) is 35.4 Å². The van der Waals surface area contributed by atoms with Gasteiger partial charge in [-0.25, -0.2) is 18.4 Å². The number of methoxy groups -OCH3 is 1. The van der Waals surface area contributed by atoms with Crippen LogP contribution in [0.15, 0.2) is 60.7 Å². The number of nitrogens with one attached hydrogen (secondary N) is 1. The molecule has 0 aliphatic heterocycles. The Balaban J connectivity index is 1.83. The topological polar surface area (TPSA) is 92.7 Å². The number of rotatable bonds is 6. The first-order valence-corrected chi connectivity index (χ1v) is 9.09. The molecule has 0 heterocycles. The molecule has 8 heteroatoms. The number of esters is 1. The average molecular weight is 425 g/mol. The van der Waals surface area contributed by atoms with E-state index in [1.807, 2.05) is 0 Å². The van der Waals surface area contributed by atoms with E-state index in [0.29, 0.717) is 0 Å². The molecule has 0 bridgehead atoms. The average Bonchev–Trinajstić information content (AvgIpc) is 2.77. The van der Waals surface area contributed by atoms with Gasteiger partial charge in [0.25, 0.3) is 5.91 Å². The van der Waals surface area contributed by atoms with Crippen molar-refractivity contribution in [1.82, 2.24) is 5.32 Å². The molecule has 0 unspecified atom stereocenters. The van der Waals surface area contributed by atoms with E-state index in [2.05, 4.69) is 10.1 Å². The number of carbonyl (C=O) groups excluding carboxylic acids is 2. The van der Waals surface area contributed by atoms with E-state index >= 15 is 0 Å². The van der Waals surface area contributed by atoms with Crippen LogP contribution < -0.4 is 5.32 Å². The molecule has 0 saturated carbocycles. The van der Waals surface area contributed by atoms with Crippen molar-refractivity contribution in [2.45, 2.75) is 6.54 Å². The van der Waals surface area contributed by atoms with Gasteiger partial charge in [0.05, 0.1) is 18.2 Å². The van der Waals surface area contributed by atoms with Crippen molar-refractivity contribution in [2.75, 3.05) is 7.11 Å². The van der Waals surface area contributed by atoms with Crippen molar-refractivity contribution < 1.29 is 33.0 Å². The normalized spacial score (nSPS) is 10.4. The minimum atomic E-state index is -1.25. The molecular weight excluding hydrogens is 408 g/mol. The fourth-order valence-corrected chi connectivity index (χ4v) is 3.07. The molecule has 0 aliphatic carbocycles. The molecule has 6 nitrogen and oxygen atoms in total. The molecule has 0 atom stereocenters.